The summed E-state index contributed by atoms with van der Waals surface area (Å²) in [6.07, 6.45) is 5.17. The lowest BCUT2D eigenvalue weighted by Gasteiger charge is -2.23. The van der Waals surface area contributed by atoms with Crippen LogP contribution in [0.5, 0.6) is 0 Å². The number of rotatable bonds is 1. The lowest BCUT2D eigenvalue weighted by Crippen LogP contribution is -2.23. The summed E-state index contributed by atoms with van der Waals surface area (Å²) >= 11 is 3.46. The van der Waals surface area contributed by atoms with Crippen molar-refractivity contribution in [2.24, 2.45) is 0 Å². The van der Waals surface area contributed by atoms with Crippen molar-refractivity contribution < 1.29 is 0 Å². The second kappa shape index (κ2) is 5.36. The first-order valence-electron chi connectivity index (χ1n) is 5.75. The van der Waals surface area contributed by atoms with Crippen LogP contribution in [0.4, 0.5) is 5.69 Å². The molecule has 1 aromatic rings. The van der Waals surface area contributed by atoms with Gasteiger partial charge in [-0.1, -0.05) is 28.8 Å². The van der Waals surface area contributed by atoms with Crippen LogP contribution in [0.3, 0.4) is 0 Å². The smallest absolute Gasteiger partial charge is 0.0992 e. The minimum Gasteiger partial charge on any atom is -0.371 e. The molecule has 0 aromatic heterocycles. The largest absolute Gasteiger partial charge is 0.371 e. The van der Waals surface area contributed by atoms with Gasteiger partial charge in [0.2, 0.25) is 0 Å². The fraction of sp³-hybridized carbons (Fsp3) is 0.462. The summed E-state index contributed by atoms with van der Waals surface area (Å²) in [4.78, 5) is 2.39. The first kappa shape index (κ1) is 11.5. The van der Waals surface area contributed by atoms with Crippen LogP contribution in [0.25, 0.3) is 0 Å². The summed E-state index contributed by atoms with van der Waals surface area (Å²) in [6.45, 7) is 2.22. The van der Waals surface area contributed by atoms with Crippen LogP contribution in [0.1, 0.15) is 31.2 Å². The van der Waals surface area contributed by atoms with Crippen LogP contribution in [0.2, 0.25) is 0 Å². The molecule has 0 aliphatic carbocycles. The Hall–Kier alpha value is -1.01. The Morgan fingerprint density at radius 3 is 2.38 bits per heavy atom. The van der Waals surface area contributed by atoms with Crippen LogP contribution in [0, 0.1) is 11.3 Å². The molecule has 1 aromatic carbocycles. The molecule has 0 atom stereocenters. The van der Waals surface area contributed by atoms with Crippen molar-refractivity contribution in [1.29, 1.82) is 5.26 Å². The predicted molar refractivity (Wildman–Crippen MR) is 69.5 cm³/mol. The van der Waals surface area contributed by atoms with Crippen LogP contribution >= 0.6 is 15.9 Å². The first-order valence-corrected chi connectivity index (χ1v) is 6.54. The molecule has 0 radical (unpaired) electrons. The molecule has 2 nitrogen and oxygen atoms in total. The number of halogens is 1. The zero-order valence-corrected chi connectivity index (χ0v) is 10.8. The van der Waals surface area contributed by atoms with Gasteiger partial charge >= 0.3 is 0 Å². The summed E-state index contributed by atoms with van der Waals surface area (Å²) < 4.78 is 0.991. The number of nitrogens with zero attached hydrogens (tertiary/aromatic N) is 2. The van der Waals surface area contributed by atoms with Gasteiger partial charge in [-0.2, -0.15) is 5.26 Å². The predicted octanol–water partition coefficient (Wildman–Crippen LogP) is 3.70. The minimum atomic E-state index is 0.730. The standard InChI is InChI=1S/C13H15BrN2/c14-12-7-11(10-15)8-13(9-12)16-5-3-1-2-4-6-16/h7-9H,1-6H2. The third kappa shape index (κ3) is 2.76. The average Bonchev–Trinajstić information content (AvgIpc) is 2.56. The van der Waals surface area contributed by atoms with Crippen molar-refractivity contribution in [3.8, 4) is 6.07 Å². The molecule has 3 heteroatoms. The van der Waals surface area contributed by atoms with Gasteiger partial charge in [-0.3, -0.25) is 0 Å². The molecule has 0 unspecified atom stereocenters. The van der Waals surface area contributed by atoms with E-state index in [2.05, 4.69) is 33.0 Å². The number of hydrogen-bond acceptors (Lipinski definition) is 2. The Kier molecular flexibility index (Phi) is 3.84. The molecule has 2 rings (SSSR count). The van der Waals surface area contributed by atoms with E-state index in [1.807, 2.05) is 12.1 Å². The summed E-state index contributed by atoms with van der Waals surface area (Å²) in [5.41, 5.74) is 1.90. The molecule has 0 N–H and O–H groups in total. The fourth-order valence-corrected chi connectivity index (χ4v) is 2.63. The Labute approximate surface area is 105 Å². The summed E-state index contributed by atoms with van der Waals surface area (Å²) in [7, 11) is 0. The number of benzene rings is 1. The highest BCUT2D eigenvalue weighted by atomic mass is 79.9. The zero-order valence-electron chi connectivity index (χ0n) is 9.25. The van der Waals surface area contributed by atoms with Gasteiger partial charge in [0.05, 0.1) is 11.6 Å². The SMILES string of the molecule is N#Cc1cc(Br)cc(N2CCCCCC2)c1. The minimum absolute atomic E-state index is 0.730. The quantitative estimate of drug-likeness (QED) is 0.783. The number of nitriles is 1. The molecule has 1 heterocycles. The molecule has 1 saturated heterocycles. The van der Waals surface area contributed by atoms with Crippen molar-refractivity contribution in [3.63, 3.8) is 0 Å². The highest BCUT2D eigenvalue weighted by Crippen LogP contribution is 2.24. The third-order valence-corrected chi connectivity index (χ3v) is 3.44. The maximum atomic E-state index is 8.95. The highest BCUT2D eigenvalue weighted by Gasteiger charge is 2.11. The van der Waals surface area contributed by atoms with Gasteiger partial charge in [0.1, 0.15) is 0 Å². The van der Waals surface area contributed by atoms with Gasteiger partial charge in [0, 0.05) is 23.2 Å². The van der Waals surface area contributed by atoms with E-state index in [9.17, 15) is 0 Å². The summed E-state index contributed by atoms with van der Waals surface area (Å²) in [6, 6.07) is 8.15. The zero-order chi connectivity index (χ0) is 11.4. The van der Waals surface area contributed by atoms with Gasteiger partial charge in [0.25, 0.3) is 0 Å². The van der Waals surface area contributed by atoms with Crippen molar-refractivity contribution in [3.05, 3.63) is 28.2 Å². The Bertz CT molecular complexity index is 401. The topological polar surface area (TPSA) is 27.0 Å². The Morgan fingerprint density at radius 1 is 1.06 bits per heavy atom. The maximum absolute atomic E-state index is 8.95. The van der Waals surface area contributed by atoms with E-state index in [1.54, 1.807) is 0 Å². The van der Waals surface area contributed by atoms with E-state index in [-0.39, 0.29) is 0 Å². The maximum Gasteiger partial charge on any atom is 0.0992 e. The van der Waals surface area contributed by atoms with Gasteiger partial charge in [-0.25, -0.2) is 0 Å². The molecule has 0 bridgehead atoms. The van der Waals surface area contributed by atoms with Gasteiger partial charge in [0.15, 0.2) is 0 Å². The molecule has 0 saturated carbocycles. The monoisotopic (exact) mass is 278 g/mol. The first-order chi connectivity index (χ1) is 7.79. The van der Waals surface area contributed by atoms with Crippen LogP contribution in [-0.2, 0) is 0 Å². The second-order valence-corrected chi connectivity index (χ2v) is 5.13. The lowest BCUT2D eigenvalue weighted by atomic mass is 10.2. The second-order valence-electron chi connectivity index (χ2n) is 4.21. The van der Waals surface area contributed by atoms with E-state index < -0.39 is 0 Å². The molecule has 1 aliphatic rings. The number of anilines is 1. The fourth-order valence-electron chi connectivity index (χ4n) is 2.15. The Balaban J connectivity index is 2.24. The van der Waals surface area contributed by atoms with E-state index in [0.29, 0.717) is 0 Å². The highest BCUT2D eigenvalue weighted by molar-refractivity contribution is 9.10. The van der Waals surface area contributed by atoms with Crippen molar-refractivity contribution in [2.45, 2.75) is 25.7 Å². The van der Waals surface area contributed by atoms with Crippen LogP contribution < -0.4 is 4.90 Å². The van der Waals surface area contributed by atoms with Crippen LogP contribution in [-0.4, -0.2) is 13.1 Å². The molecule has 0 spiro atoms. The summed E-state index contributed by atoms with van der Waals surface area (Å²) in [5.74, 6) is 0. The van der Waals surface area contributed by atoms with E-state index >= 15 is 0 Å². The molecule has 1 fully saturated rings. The van der Waals surface area contributed by atoms with Crippen molar-refractivity contribution in [1.82, 2.24) is 0 Å². The third-order valence-electron chi connectivity index (χ3n) is 2.98. The lowest BCUT2D eigenvalue weighted by molar-refractivity contribution is 0.726. The molecular formula is C13H15BrN2. The van der Waals surface area contributed by atoms with E-state index in [0.717, 1.165) is 23.1 Å². The van der Waals surface area contributed by atoms with Crippen molar-refractivity contribution in [2.75, 3.05) is 18.0 Å². The summed E-state index contributed by atoms with van der Waals surface area (Å²) in [5, 5.41) is 8.95. The number of hydrogen-bond donors (Lipinski definition) is 0. The van der Waals surface area contributed by atoms with Crippen LogP contribution in [0.15, 0.2) is 22.7 Å². The van der Waals surface area contributed by atoms with Gasteiger partial charge in [-0.15, -0.1) is 0 Å². The Morgan fingerprint density at radius 2 is 1.75 bits per heavy atom. The molecule has 1 aliphatic heterocycles. The molecule has 0 amide bonds. The molecular weight excluding hydrogens is 264 g/mol. The van der Waals surface area contributed by atoms with Gasteiger partial charge < -0.3 is 4.90 Å². The van der Waals surface area contributed by atoms with E-state index in [4.69, 9.17) is 5.26 Å². The molecule has 16 heavy (non-hydrogen) atoms. The van der Waals surface area contributed by atoms with Crippen molar-refractivity contribution >= 4 is 21.6 Å². The normalized spacial score (nSPS) is 16.6. The average molecular weight is 279 g/mol. The van der Waals surface area contributed by atoms with Gasteiger partial charge in [-0.05, 0) is 31.0 Å². The molecule has 84 valence electrons. The van der Waals surface area contributed by atoms with E-state index in [1.165, 1.54) is 31.4 Å².